The van der Waals surface area contributed by atoms with Gasteiger partial charge in [-0.3, -0.25) is 4.90 Å². The average Bonchev–Trinajstić information content (AvgIpc) is 2.40. The fourth-order valence-electron chi connectivity index (χ4n) is 2.62. The molecule has 1 fully saturated rings. The zero-order valence-corrected chi connectivity index (χ0v) is 9.84. The minimum atomic E-state index is 0.0399. The van der Waals surface area contributed by atoms with Gasteiger partial charge in [-0.1, -0.05) is 18.2 Å². The van der Waals surface area contributed by atoms with E-state index < -0.39 is 0 Å². The molecule has 0 aliphatic carbocycles. The Labute approximate surface area is 101 Å². The molecule has 4 nitrogen and oxygen atoms in total. The van der Waals surface area contributed by atoms with Gasteiger partial charge in [-0.2, -0.15) is 0 Å². The van der Waals surface area contributed by atoms with Gasteiger partial charge in [0.2, 0.25) is 0 Å². The Morgan fingerprint density at radius 3 is 2.76 bits per heavy atom. The van der Waals surface area contributed by atoms with Crippen molar-refractivity contribution in [2.45, 2.75) is 12.1 Å². The van der Waals surface area contributed by atoms with Gasteiger partial charge < -0.3 is 15.2 Å². The number of para-hydroxylation sites is 1. The number of ether oxygens (including phenoxy) is 2. The van der Waals surface area contributed by atoms with Gasteiger partial charge in [0.1, 0.15) is 12.4 Å². The van der Waals surface area contributed by atoms with Crippen molar-refractivity contribution in [1.29, 1.82) is 0 Å². The summed E-state index contributed by atoms with van der Waals surface area (Å²) in [6.45, 7) is 4.17. The molecule has 3 rings (SSSR count). The number of rotatable bonds is 1. The highest BCUT2D eigenvalue weighted by molar-refractivity contribution is 5.38. The Morgan fingerprint density at radius 2 is 1.94 bits per heavy atom. The van der Waals surface area contributed by atoms with Gasteiger partial charge in [-0.25, -0.2) is 0 Å². The molecule has 0 bridgehead atoms. The molecule has 17 heavy (non-hydrogen) atoms. The number of hydrogen-bond acceptors (Lipinski definition) is 4. The monoisotopic (exact) mass is 234 g/mol. The van der Waals surface area contributed by atoms with Crippen LogP contribution in [0, 0.1) is 0 Å². The topological polar surface area (TPSA) is 47.7 Å². The molecule has 92 valence electrons. The molecule has 1 aromatic rings. The normalized spacial score (nSPS) is 29.5. The molecule has 2 N–H and O–H groups in total. The van der Waals surface area contributed by atoms with Crippen molar-refractivity contribution in [1.82, 2.24) is 4.90 Å². The summed E-state index contributed by atoms with van der Waals surface area (Å²) in [7, 11) is 0. The lowest BCUT2D eigenvalue weighted by Crippen LogP contribution is -2.52. The fourth-order valence-corrected chi connectivity index (χ4v) is 2.62. The molecule has 2 aliphatic rings. The molecule has 2 heterocycles. The van der Waals surface area contributed by atoms with Crippen LogP contribution >= 0.6 is 0 Å². The van der Waals surface area contributed by atoms with E-state index in [1.54, 1.807) is 0 Å². The van der Waals surface area contributed by atoms with E-state index in [-0.39, 0.29) is 12.1 Å². The molecule has 0 spiro atoms. The molecule has 2 unspecified atom stereocenters. The smallest absolute Gasteiger partial charge is 0.124 e. The van der Waals surface area contributed by atoms with E-state index in [9.17, 15) is 0 Å². The highest BCUT2D eigenvalue weighted by atomic mass is 16.5. The highest BCUT2D eigenvalue weighted by Gasteiger charge is 2.32. The maximum absolute atomic E-state index is 6.36. The number of nitrogens with zero attached hydrogens (tertiary/aromatic N) is 1. The van der Waals surface area contributed by atoms with E-state index in [0.717, 1.165) is 37.6 Å². The maximum Gasteiger partial charge on any atom is 0.124 e. The van der Waals surface area contributed by atoms with Crippen LogP contribution in [0.1, 0.15) is 11.6 Å². The zero-order chi connectivity index (χ0) is 11.7. The third-order valence-electron chi connectivity index (χ3n) is 3.62. The van der Waals surface area contributed by atoms with E-state index >= 15 is 0 Å². The molecule has 1 saturated heterocycles. The first kappa shape index (κ1) is 11.0. The summed E-state index contributed by atoms with van der Waals surface area (Å²) in [4.78, 5) is 2.38. The van der Waals surface area contributed by atoms with E-state index in [1.165, 1.54) is 0 Å². The molecule has 1 aromatic carbocycles. The largest absolute Gasteiger partial charge is 0.492 e. The van der Waals surface area contributed by atoms with Gasteiger partial charge in [-0.05, 0) is 6.07 Å². The van der Waals surface area contributed by atoms with Crippen molar-refractivity contribution in [2.75, 3.05) is 32.9 Å². The number of morpholine rings is 1. The lowest BCUT2D eigenvalue weighted by Gasteiger charge is -2.40. The van der Waals surface area contributed by atoms with Crippen LogP contribution in [0.2, 0.25) is 0 Å². The van der Waals surface area contributed by atoms with Crippen LogP contribution in [-0.4, -0.2) is 43.9 Å². The third-order valence-corrected chi connectivity index (χ3v) is 3.62. The zero-order valence-electron chi connectivity index (χ0n) is 9.84. The van der Waals surface area contributed by atoms with Crippen LogP contribution in [-0.2, 0) is 4.74 Å². The van der Waals surface area contributed by atoms with Crippen LogP contribution < -0.4 is 10.5 Å². The van der Waals surface area contributed by atoms with Gasteiger partial charge in [0.25, 0.3) is 0 Å². The lowest BCUT2D eigenvalue weighted by molar-refractivity contribution is -0.00542. The van der Waals surface area contributed by atoms with Gasteiger partial charge in [0.05, 0.1) is 25.3 Å². The first-order valence-corrected chi connectivity index (χ1v) is 6.15. The van der Waals surface area contributed by atoms with E-state index in [0.29, 0.717) is 6.61 Å². The lowest BCUT2D eigenvalue weighted by atomic mass is 9.96. The minimum absolute atomic E-state index is 0.0399. The van der Waals surface area contributed by atoms with Gasteiger partial charge in [0.15, 0.2) is 0 Å². The predicted octanol–water partition coefficient (Wildman–Crippen LogP) is 0.780. The van der Waals surface area contributed by atoms with Crippen LogP contribution in [0.4, 0.5) is 0 Å². The first-order valence-electron chi connectivity index (χ1n) is 6.15. The Balaban J connectivity index is 1.81. The molecule has 0 amide bonds. The summed E-state index contributed by atoms with van der Waals surface area (Å²) in [5.74, 6) is 0.935. The molecular formula is C13H18N2O2. The van der Waals surface area contributed by atoms with E-state index in [2.05, 4.69) is 11.0 Å². The van der Waals surface area contributed by atoms with E-state index in [1.807, 2.05) is 18.2 Å². The summed E-state index contributed by atoms with van der Waals surface area (Å²) < 4.78 is 11.2. The quantitative estimate of drug-likeness (QED) is 0.780. The standard InChI is InChI=1S/C13H18N2O2/c14-13-10-3-1-2-4-12(10)17-9-11(13)15-5-7-16-8-6-15/h1-4,11,13H,5-9,14H2. The SMILES string of the molecule is NC1c2ccccc2OCC1N1CCOCC1. The fraction of sp³-hybridized carbons (Fsp3) is 0.538. The summed E-state index contributed by atoms with van der Waals surface area (Å²) in [6.07, 6.45) is 0. The predicted molar refractivity (Wildman–Crippen MR) is 65.0 cm³/mol. The number of fused-ring (bicyclic) bond motifs is 1. The molecule has 2 atom stereocenters. The van der Waals surface area contributed by atoms with Gasteiger partial charge in [0, 0.05) is 18.7 Å². The summed E-state index contributed by atoms with van der Waals surface area (Å²) in [5, 5.41) is 0. The number of benzene rings is 1. The molecule has 4 heteroatoms. The molecule has 2 aliphatic heterocycles. The van der Waals surface area contributed by atoms with E-state index in [4.69, 9.17) is 15.2 Å². The molecule has 0 saturated carbocycles. The second kappa shape index (κ2) is 4.64. The molecule has 0 radical (unpaired) electrons. The van der Waals surface area contributed by atoms with Crippen molar-refractivity contribution in [2.24, 2.45) is 5.73 Å². The van der Waals surface area contributed by atoms with Gasteiger partial charge in [-0.15, -0.1) is 0 Å². The van der Waals surface area contributed by atoms with Crippen LogP contribution in [0.15, 0.2) is 24.3 Å². The number of nitrogens with two attached hydrogens (primary N) is 1. The Kier molecular flexibility index (Phi) is 3.01. The van der Waals surface area contributed by atoms with Crippen molar-refractivity contribution in [3.8, 4) is 5.75 Å². The second-order valence-corrected chi connectivity index (χ2v) is 4.59. The van der Waals surface area contributed by atoms with Gasteiger partial charge >= 0.3 is 0 Å². The van der Waals surface area contributed by atoms with Crippen LogP contribution in [0.25, 0.3) is 0 Å². The maximum atomic E-state index is 6.36. The van der Waals surface area contributed by atoms with Crippen LogP contribution in [0.5, 0.6) is 5.75 Å². The van der Waals surface area contributed by atoms with Crippen molar-refractivity contribution < 1.29 is 9.47 Å². The Morgan fingerprint density at radius 1 is 1.18 bits per heavy atom. The number of hydrogen-bond donors (Lipinski definition) is 1. The first-order chi connectivity index (χ1) is 8.36. The van der Waals surface area contributed by atoms with Crippen LogP contribution in [0.3, 0.4) is 0 Å². The summed E-state index contributed by atoms with van der Waals surface area (Å²) >= 11 is 0. The minimum Gasteiger partial charge on any atom is -0.492 e. The Hall–Kier alpha value is -1.10. The van der Waals surface area contributed by atoms with Crippen molar-refractivity contribution in [3.05, 3.63) is 29.8 Å². The summed E-state index contributed by atoms with van der Waals surface area (Å²) in [5.41, 5.74) is 7.48. The summed E-state index contributed by atoms with van der Waals surface area (Å²) in [6, 6.07) is 8.37. The second-order valence-electron chi connectivity index (χ2n) is 4.59. The molecule has 0 aromatic heterocycles. The van der Waals surface area contributed by atoms with Crippen molar-refractivity contribution >= 4 is 0 Å². The Bertz CT molecular complexity index is 391. The van der Waals surface area contributed by atoms with Crippen molar-refractivity contribution in [3.63, 3.8) is 0 Å². The molecular weight excluding hydrogens is 216 g/mol. The third kappa shape index (κ3) is 2.04. The highest BCUT2D eigenvalue weighted by Crippen LogP contribution is 2.32. The average molecular weight is 234 g/mol.